The molecule has 0 saturated carbocycles. The van der Waals surface area contributed by atoms with Gasteiger partial charge in [0.2, 0.25) is 0 Å². The van der Waals surface area contributed by atoms with E-state index in [0.717, 1.165) is 34.1 Å². The summed E-state index contributed by atoms with van der Waals surface area (Å²) in [6.07, 6.45) is 2.55. The molecule has 0 N–H and O–H groups in total. The second-order valence-electron chi connectivity index (χ2n) is 5.81. The summed E-state index contributed by atoms with van der Waals surface area (Å²) < 4.78 is 7.06. The Morgan fingerprint density at radius 2 is 1.92 bits per heavy atom. The number of benzene rings is 2. The minimum absolute atomic E-state index is 0.697. The highest BCUT2D eigenvalue weighted by atomic mass is 35.5. The van der Waals surface area contributed by atoms with Crippen LogP contribution in [0.15, 0.2) is 48.7 Å². The van der Waals surface area contributed by atoms with Crippen molar-refractivity contribution in [3.8, 4) is 5.75 Å². The average molecular weight is 338 g/mol. The lowest BCUT2D eigenvalue weighted by molar-refractivity contribution is 0.414. The molecule has 4 aromatic rings. The van der Waals surface area contributed by atoms with Gasteiger partial charge in [-0.05, 0) is 41.8 Å². The van der Waals surface area contributed by atoms with Gasteiger partial charge in [0.05, 0.1) is 23.8 Å². The lowest BCUT2D eigenvalue weighted by Gasteiger charge is -2.08. The Hall–Kier alpha value is -2.59. The van der Waals surface area contributed by atoms with Gasteiger partial charge in [-0.2, -0.15) is 5.10 Å². The zero-order valence-corrected chi connectivity index (χ0v) is 14.2. The summed E-state index contributed by atoms with van der Waals surface area (Å²) in [6.45, 7) is 0. The van der Waals surface area contributed by atoms with Gasteiger partial charge in [-0.15, -0.1) is 0 Å². The third-order valence-electron chi connectivity index (χ3n) is 4.21. The number of halogens is 1. The molecule has 120 valence electrons. The van der Waals surface area contributed by atoms with Gasteiger partial charge in [-0.3, -0.25) is 4.68 Å². The van der Waals surface area contributed by atoms with Crippen LogP contribution in [0.3, 0.4) is 0 Å². The molecule has 0 spiro atoms. The molecule has 0 radical (unpaired) electrons. The second kappa shape index (κ2) is 5.80. The van der Waals surface area contributed by atoms with Gasteiger partial charge in [0, 0.05) is 12.4 Å². The number of hydrogen-bond donors (Lipinski definition) is 0. The van der Waals surface area contributed by atoms with Crippen LogP contribution in [0.5, 0.6) is 5.75 Å². The first kappa shape index (κ1) is 15.0. The summed E-state index contributed by atoms with van der Waals surface area (Å²) >= 11 is 6.62. The average Bonchev–Trinajstić information content (AvgIpc) is 2.97. The maximum absolute atomic E-state index is 6.62. The number of hydrogen-bond acceptors (Lipinski definition) is 3. The van der Waals surface area contributed by atoms with Crippen molar-refractivity contribution in [2.45, 2.75) is 6.42 Å². The zero-order chi connectivity index (χ0) is 16.7. The van der Waals surface area contributed by atoms with Crippen molar-refractivity contribution in [1.29, 1.82) is 0 Å². The third-order valence-corrected chi connectivity index (χ3v) is 4.59. The number of ether oxygens (including phenoxy) is 1. The van der Waals surface area contributed by atoms with E-state index in [0.29, 0.717) is 5.02 Å². The Morgan fingerprint density at radius 3 is 2.75 bits per heavy atom. The van der Waals surface area contributed by atoms with Crippen LogP contribution in [-0.4, -0.2) is 21.9 Å². The molecular weight excluding hydrogens is 322 g/mol. The molecule has 5 heteroatoms. The highest BCUT2D eigenvalue weighted by Gasteiger charge is 2.12. The number of nitrogens with zero attached hydrogens (tertiary/aromatic N) is 3. The molecule has 24 heavy (non-hydrogen) atoms. The Bertz CT molecular complexity index is 1060. The highest BCUT2D eigenvalue weighted by Crippen LogP contribution is 2.31. The van der Waals surface area contributed by atoms with Crippen LogP contribution in [0, 0.1) is 0 Å². The molecule has 0 aliphatic carbocycles. The molecule has 2 aromatic carbocycles. The van der Waals surface area contributed by atoms with Crippen LogP contribution >= 0.6 is 11.6 Å². The molecule has 0 aliphatic rings. The first-order valence-corrected chi connectivity index (χ1v) is 8.06. The molecule has 0 amide bonds. The summed E-state index contributed by atoms with van der Waals surface area (Å²) in [5, 5.41) is 5.89. The van der Waals surface area contributed by atoms with Crippen LogP contribution in [0.25, 0.3) is 21.9 Å². The Kier molecular flexibility index (Phi) is 3.62. The Balaban J connectivity index is 1.80. The van der Waals surface area contributed by atoms with Crippen LogP contribution in [0.1, 0.15) is 11.1 Å². The molecule has 4 nitrogen and oxygen atoms in total. The number of methoxy groups -OCH3 is 1. The van der Waals surface area contributed by atoms with Gasteiger partial charge >= 0.3 is 0 Å². The van der Waals surface area contributed by atoms with Crippen molar-refractivity contribution in [2.24, 2.45) is 7.05 Å². The van der Waals surface area contributed by atoms with Gasteiger partial charge in [0.1, 0.15) is 16.8 Å². The summed E-state index contributed by atoms with van der Waals surface area (Å²) in [5.41, 5.74) is 4.94. The number of aromatic nitrogens is 3. The van der Waals surface area contributed by atoms with E-state index in [4.69, 9.17) is 16.3 Å². The zero-order valence-electron chi connectivity index (χ0n) is 13.5. The van der Waals surface area contributed by atoms with Crippen molar-refractivity contribution in [3.63, 3.8) is 0 Å². The van der Waals surface area contributed by atoms with E-state index in [1.54, 1.807) is 18.0 Å². The summed E-state index contributed by atoms with van der Waals surface area (Å²) in [6, 6.07) is 14.3. The molecule has 0 saturated heterocycles. The van der Waals surface area contributed by atoms with Crippen molar-refractivity contribution in [1.82, 2.24) is 14.8 Å². The first-order chi connectivity index (χ1) is 11.7. The predicted octanol–water partition coefficient (Wildman–Crippen LogP) is 4.37. The SMILES string of the molecule is COc1cccc(Cc2ccc3nc4cnn(C)c4c(Cl)c3c2)c1. The number of rotatable bonds is 3. The Morgan fingerprint density at radius 1 is 1.08 bits per heavy atom. The second-order valence-corrected chi connectivity index (χ2v) is 6.19. The standard InChI is InChI=1S/C19H16ClN3O/c1-23-19-17(11-21-23)22-16-7-6-13(10-15(16)18(19)20)8-12-4-3-5-14(9-12)24-2/h3-7,9-11H,8H2,1-2H3. The van der Waals surface area contributed by atoms with Crippen LogP contribution in [0.2, 0.25) is 5.02 Å². The third kappa shape index (κ3) is 2.49. The van der Waals surface area contributed by atoms with E-state index in [1.807, 2.05) is 31.3 Å². The lowest BCUT2D eigenvalue weighted by Crippen LogP contribution is -1.93. The van der Waals surface area contributed by atoms with Gasteiger partial charge in [0.25, 0.3) is 0 Å². The molecule has 2 heterocycles. The van der Waals surface area contributed by atoms with Gasteiger partial charge in [-0.1, -0.05) is 29.8 Å². The fraction of sp³-hybridized carbons (Fsp3) is 0.158. The van der Waals surface area contributed by atoms with E-state index in [9.17, 15) is 0 Å². The number of fused-ring (bicyclic) bond motifs is 2. The number of aryl methyl sites for hydroxylation is 1. The van der Waals surface area contributed by atoms with Crippen LogP contribution < -0.4 is 4.74 Å². The molecule has 0 fully saturated rings. The largest absolute Gasteiger partial charge is 0.497 e. The molecule has 2 aromatic heterocycles. The van der Waals surface area contributed by atoms with E-state index in [1.165, 1.54) is 11.1 Å². The van der Waals surface area contributed by atoms with Gasteiger partial charge in [0.15, 0.2) is 0 Å². The Labute approximate surface area is 144 Å². The van der Waals surface area contributed by atoms with Crippen molar-refractivity contribution in [3.05, 3.63) is 64.8 Å². The number of pyridine rings is 1. The molecule has 0 bridgehead atoms. The molecule has 0 atom stereocenters. The van der Waals surface area contributed by atoms with Crippen molar-refractivity contribution in [2.75, 3.05) is 7.11 Å². The fourth-order valence-electron chi connectivity index (χ4n) is 3.00. The molecule has 4 rings (SSSR count). The van der Waals surface area contributed by atoms with Crippen LogP contribution in [0.4, 0.5) is 0 Å². The van der Waals surface area contributed by atoms with E-state index < -0.39 is 0 Å². The maximum atomic E-state index is 6.62. The fourth-order valence-corrected chi connectivity index (χ4v) is 3.37. The quantitative estimate of drug-likeness (QED) is 0.557. The first-order valence-electron chi connectivity index (χ1n) is 7.68. The summed E-state index contributed by atoms with van der Waals surface area (Å²) in [5.74, 6) is 0.865. The minimum Gasteiger partial charge on any atom is -0.497 e. The lowest BCUT2D eigenvalue weighted by atomic mass is 10.0. The maximum Gasteiger partial charge on any atom is 0.119 e. The summed E-state index contributed by atoms with van der Waals surface area (Å²) in [4.78, 5) is 4.65. The summed E-state index contributed by atoms with van der Waals surface area (Å²) in [7, 11) is 3.56. The molecule has 0 unspecified atom stereocenters. The van der Waals surface area contributed by atoms with Crippen LogP contribution in [-0.2, 0) is 13.5 Å². The molecular formula is C19H16ClN3O. The van der Waals surface area contributed by atoms with Gasteiger partial charge < -0.3 is 4.74 Å². The van der Waals surface area contributed by atoms with Crippen molar-refractivity contribution < 1.29 is 4.74 Å². The van der Waals surface area contributed by atoms with E-state index in [2.05, 4.69) is 28.3 Å². The van der Waals surface area contributed by atoms with Gasteiger partial charge in [-0.25, -0.2) is 4.98 Å². The predicted molar refractivity (Wildman–Crippen MR) is 96.8 cm³/mol. The molecule has 0 aliphatic heterocycles. The monoisotopic (exact) mass is 337 g/mol. The minimum atomic E-state index is 0.697. The highest BCUT2D eigenvalue weighted by molar-refractivity contribution is 6.39. The normalized spacial score (nSPS) is 11.3. The van der Waals surface area contributed by atoms with E-state index >= 15 is 0 Å². The smallest absolute Gasteiger partial charge is 0.119 e. The van der Waals surface area contributed by atoms with E-state index in [-0.39, 0.29) is 0 Å². The topological polar surface area (TPSA) is 39.9 Å². The van der Waals surface area contributed by atoms with Crippen molar-refractivity contribution >= 4 is 33.5 Å².